The van der Waals surface area contributed by atoms with E-state index in [0.29, 0.717) is 12.0 Å². The van der Waals surface area contributed by atoms with Gasteiger partial charge in [-0.3, -0.25) is 14.6 Å². The Balaban J connectivity index is 1.60. The van der Waals surface area contributed by atoms with E-state index in [1.54, 1.807) is 4.90 Å². The molecule has 2 aliphatic heterocycles. The van der Waals surface area contributed by atoms with E-state index in [9.17, 15) is 4.79 Å². The van der Waals surface area contributed by atoms with Gasteiger partial charge in [0.05, 0.1) is 12.2 Å². The standard InChI is InChI=1S/C18H30N4O2/c1-14-16(15(2)24-19-14)10-22-9-7-18(13-22)6-5-8-21(12-18)11-17(23)20(3)4/h5-13H2,1-4H3/t18-/m0/s1. The number of nitrogens with zero attached hydrogens (tertiary/aromatic N) is 4. The molecular weight excluding hydrogens is 304 g/mol. The fraction of sp³-hybridized carbons (Fsp3) is 0.778. The summed E-state index contributed by atoms with van der Waals surface area (Å²) in [6.45, 7) is 9.83. The van der Waals surface area contributed by atoms with Gasteiger partial charge in [-0.25, -0.2) is 0 Å². The predicted molar refractivity (Wildman–Crippen MR) is 92.7 cm³/mol. The quantitative estimate of drug-likeness (QED) is 0.838. The monoisotopic (exact) mass is 334 g/mol. The average molecular weight is 334 g/mol. The molecular formula is C18H30N4O2. The number of carbonyl (C=O) groups is 1. The highest BCUT2D eigenvalue weighted by atomic mass is 16.5. The largest absolute Gasteiger partial charge is 0.361 e. The maximum atomic E-state index is 12.0. The van der Waals surface area contributed by atoms with Gasteiger partial charge < -0.3 is 9.42 Å². The molecule has 6 heteroatoms. The first kappa shape index (κ1) is 17.4. The lowest BCUT2D eigenvalue weighted by Crippen LogP contribution is -2.48. The first-order chi connectivity index (χ1) is 11.4. The summed E-state index contributed by atoms with van der Waals surface area (Å²) in [6.07, 6.45) is 3.70. The third-order valence-electron chi connectivity index (χ3n) is 5.68. The molecule has 0 radical (unpaired) electrons. The summed E-state index contributed by atoms with van der Waals surface area (Å²) in [4.78, 5) is 18.6. The van der Waals surface area contributed by atoms with Crippen LogP contribution in [0.5, 0.6) is 0 Å². The van der Waals surface area contributed by atoms with Crippen LogP contribution < -0.4 is 0 Å². The summed E-state index contributed by atoms with van der Waals surface area (Å²) < 4.78 is 5.30. The highest BCUT2D eigenvalue weighted by molar-refractivity contribution is 5.77. The molecule has 1 aromatic rings. The Morgan fingerprint density at radius 1 is 1.21 bits per heavy atom. The van der Waals surface area contributed by atoms with Crippen LogP contribution in [0.25, 0.3) is 0 Å². The van der Waals surface area contributed by atoms with Crippen LogP contribution in [-0.2, 0) is 11.3 Å². The molecule has 24 heavy (non-hydrogen) atoms. The van der Waals surface area contributed by atoms with Crippen LogP contribution in [0.15, 0.2) is 4.52 Å². The molecule has 134 valence electrons. The molecule has 0 saturated carbocycles. The van der Waals surface area contributed by atoms with Crippen LogP contribution in [0.3, 0.4) is 0 Å². The highest BCUT2D eigenvalue weighted by Gasteiger charge is 2.41. The van der Waals surface area contributed by atoms with Gasteiger partial charge in [0.15, 0.2) is 0 Å². The van der Waals surface area contributed by atoms with E-state index in [0.717, 1.165) is 44.2 Å². The molecule has 3 heterocycles. The fourth-order valence-electron chi connectivity index (χ4n) is 4.22. The van der Waals surface area contributed by atoms with Gasteiger partial charge in [0, 0.05) is 39.3 Å². The van der Waals surface area contributed by atoms with Gasteiger partial charge in [-0.1, -0.05) is 5.16 Å². The number of likely N-dealkylation sites (tertiary alicyclic amines) is 2. The molecule has 0 aromatic carbocycles. The van der Waals surface area contributed by atoms with E-state index in [1.807, 2.05) is 27.9 Å². The Bertz CT molecular complexity index is 578. The van der Waals surface area contributed by atoms with Crippen LogP contribution in [0.1, 0.15) is 36.3 Å². The third kappa shape index (κ3) is 3.64. The lowest BCUT2D eigenvalue weighted by molar-refractivity contribution is -0.130. The van der Waals surface area contributed by atoms with Gasteiger partial charge in [-0.2, -0.15) is 0 Å². The molecule has 1 spiro atoms. The number of hydrogen-bond donors (Lipinski definition) is 0. The molecule has 0 unspecified atom stereocenters. The van der Waals surface area contributed by atoms with Crippen molar-refractivity contribution < 1.29 is 9.32 Å². The van der Waals surface area contributed by atoms with Gasteiger partial charge in [-0.15, -0.1) is 0 Å². The molecule has 2 aliphatic rings. The number of aromatic nitrogens is 1. The number of carbonyl (C=O) groups excluding carboxylic acids is 1. The van der Waals surface area contributed by atoms with Crippen molar-refractivity contribution >= 4 is 5.91 Å². The molecule has 1 aromatic heterocycles. The molecule has 0 N–H and O–H groups in total. The van der Waals surface area contributed by atoms with Crippen molar-refractivity contribution in [1.29, 1.82) is 0 Å². The Hall–Kier alpha value is -1.40. The van der Waals surface area contributed by atoms with E-state index < -0.39 is 0 Å². The summed E-state index contributed by atoms with van der Waals surface area (Å²) in [6, 6.07) is 0. The van der Waals surface area contributed by atoms with E-state index in [1.165, 1.54) is 24.8 Å². The SMILES string of the molecule is Cc1noc(C)c1CN1CC[C@]2(CCCN(CC(=O)N(C)C)C2)C1. The normalized spacial score (nSPS) is 25.5. The predicted octanol–water partition coefficient (Wildman–Crippen LogP) is 1.67. The van der Waals surface area contributed by atoms with Crippen molar-refractivity contribution in [3.63, 3.8) is 0 Å². The lowest BCUT2D eigenvalue weighted by Gasteiger charge is -2.40. The average Bonchev–Trinajstić information content (AvgIpc) is 3.05. The van der Waals surface area contributed by atoms with Gasteiger partial charge in [-0.05, 0) is 51.6 Å². The van der Waals surface area contributed by atoms with Gasteiger partial charge in [0.25, 0.3) is 0 Å². The number of likely N-dealkylation sites (N-methyl/N-ethyl adjacent to an activating group) is 1. The minimum Gasteiger partial charge on any atom is -0.361 e. The first-order valence-electron chi connectivity index (χ1n) is 8.95. The van der Waals surface area contributed by atoms with E-state index >= 15 is 0 Å². The number of hydrogen-bond acceptors (Lipinski definition) is 5. The van der Waals surface area contributed by atoms with Crippen molar-refractivity contribution in [2.45, 2.75) is 39.7 Å². The summed E-state index contributed by atoms with van der Waals surface area (Å²) in [5.74, 6) is 1.15. The summed E-state index contributed by atoms with van der Waals surface area (Å²) in [7, 11) is 3.67. The zero-order chi connectivity index (χ0) is 17.3. The smallest absolute Gasteiger partial charge is 0.236 e. The van der Waals surface area contributed by atoms with Gasteiger partial charge in [0.1, 0.15) is 5.76 Å². The van der Waals surface area contributed by atoms with Crippen LogP contribution in [0.4, 0.5) is 0 Å². The Labute approximate surface area is 144 Å². The zero-order valence-corrected chi connectivity index (χ0v) is 15.5. The Kier molecular flexibility index (Phi) is 4.97. The molecule has 2 fully saturated rings. The van der Waals surface area contributed by atoms with Crippen LogP contribution >= 0.6 is 0 Å². The van der Waals surface area contributed by atoms with Crippen molar-refractivity contribution in [1.82, 2.24) is 19.9 Å². The summed E-state index contributed by atoms with van der Waals surface area (Å²) >= 11 is 0. The fourth-order valence-corrected chi connectivity index (χ4v) is 4.22. The Morgan fingerprint density at radius 3 is 2.62 bits per heavy atom. The van der Waals surface area contributed by atoms with Crippen molar-refractivity contribution in [3.05, 3.63) is 17.0 Å². The lowest BCUT2D eigenvalue weighted by atomic mass is 9.79. The number of piperidine rings is 1. The van der Waals surface area contributed by atoms with Gasteiger partial charge in [0.2, 0.25) is 5.91 Å². The topological polar surface area (TPSA) is 52.8 Å². The molecule has 6 nitrogen and oxygen atoms in total. The summed E-state index contributed by atoms with van der Waals surface area (Å²) in [5, 5.41) is 4.07. The maximum absolute atomic E-state index is 12.0. The molecule has 2 saturated heterocycles. The third-order valence-corrected chi connectivity index (χ3v) is 5.68. The van der Waals surface area contributed by atoms with Crippen molar-refractivity contribution in [2.75, 3.05) is 46.8 Å². The van der Waals surface area contributed by atoms with Crippen molar-refractivity contribution in [2.24, 2.45) is 5.41 Å². The molecule has 3 rings (SSSR count). The van der Waals surface area contributed by atoms with Crippen LogP contribution in [0, 0.1) is 19.3 Å². The van der Waals surface area contributed by atoms with Gasteiger partial charge >= 0.3 is 0 Å². The van der Waals surface area contributed by atoms with E-state index in [-0.39, 0.29) is 5.91 Å². The van der Waals surface area contributed by atoms with Crippen LogP contribution in [0.2, 0.25) is 0 Å². The second-order valence-corrected chi connectivity index (χ2v) is 7.87. The number of aryl methyl sites for hydroxylation is 2. The second kappa shape index (κ2) is 6.84. The minimum atomic E-state index is 0.206. The first-order valence-corrected chi connectivity index (χ1v) is 8.95. The zero-order valence-electron chi connectivity index (χ0n) is 15.5. The number of rotatable bonds is 4. The molecule has 0 bridgehead atoms. The Morgan fingerprint density at radius 2 is 1.96 bits per heavy atom. The van der Waals surface area contributed by atoms with Crippen molar-refractivity contribution in [3.8, 4) is 0 Å². The number of amides is 1. The highest BCUT2D eigenvalue weighted by Crippen LogP contribution is 2.39. The maximum Gasteiger partial charge on any atom is 0.236 e. The molecule has 1 atom stereocenters. The minimum absolute atomic E-state index is 0.206. The summed E-state index contributed by atoms with van der Waals surface area (Å²) in [5.41, 5.74) is 2.60. The molecule has 0 aliphatic carbocycles. The van der Waals surface area contributed by atoms with Crippen LogP contribution in [-0.4, -0.2) is 72.6 Å². The van der Waals surface area contributed by atoms with E-state index in [2.05, 4.69) is 15.0 Å². The van der Waals surface area contributed by atoms with E-state index in [4.69, 9.17) is 4.52 Å². The second-order valence-electron chi connectivity index (χ2n) is 7.87. The molecule has 1 amide bonds.